The van der Waals surface area contributed by atoms with E-state index in [4.69, 9.17) is 0 Å². The molecule has 0 spiro atoms. The first-order valence-electron chi connectivity index (χ1n) is 6.98. The fourth-order valence-corrected chi connectivity index (χ4v) is 2.38. The zero-order chi connectivity index (χ0) is 16.6. The lowest BCUT2D eigenvalue weighted by molar-refractivity contribution is 0.302. The van der Waals surface area contributed by atoms with Crippen molar-refractivity contribution in [3.05, 3.63) is 64.0 Å². The van der Waals surface area contributed by atoms with E-state index in [1.54, 1.807) is 35.8 Å². The van der Waals surface area contributed by atoms with Crippen molar-refractivity contribution in [1.29, 1.82) is 0 Å². The van der Waals surface area contributed by atoms with Gasteiger partial charge in [-0.05, 0) is 13.1 Å². The molecule has 0 fully saturated rings. The van der Waals surface area contributed by atoms with Gasteiger partial charge in [0.25, 0.3) is 5.56 Å². The lowest BCUT2D eigenvalue weighted by atomic mass is 10.2. The van der Waals surface area contributed by atoms with Gasteiger partial charge in [-0.1, -0.05) is 12.1 Å². The molecule has 8 heteroatoms. The minimum absolute atomic E-state index is 0.212. The molecule has 0 saturated heterocycles. The Bertz CT molecular complexity index is 918. The third-order valence-corrected chi connectivity index (χ3v) is 3.60. The average Bonchev–Trinajstić information content (AvgIpc) is 2.91. The third kappa shape index (κ3) is 2.85. The van der Waals surface area contributed by atoms with Crippen molar-refractivity contribution in [3.8, 4) is 0 Å². The van der Waals surface area contributed by atoms with Crippen molar-refractivity contribution < 1.29 is 8.78 Å². The SMILES string of the molecule is CN(Cc1cccc(F)c1F)Cc1nnc2c(=O)n(C)ccn12. The summed E-state index contributed by atoms with van der Waals surface area (Å²) in [5.74, 6) is -1.16. The Morgan fingerprint density at radius 2 is 1.96 bits per heavy atom. The molecule has 0 aliphatic rings. The Morgan fingerprint density at radius 3 is 2.74 bits per heavy atom. The smallest absolute Gasteiger partial charge is 0.295 e. The second-order valence-corrected chi connectivity index (χ2v) is 5.41. The van der Waals surface area contributed by atoms with E-state index in [9.17, 15) is 13.6 Å². The van der Waals surface area contributed by atoms with Crippen LogP contribution < -0.4 is 5.56 Å². The summed E-state index contributed by atoms with van der Waals surface area (Å²) in [6, 6.07) is 4.09. The van der Waals surface area contributed by atoms with Gasteiger partial charge in [0.2, 0.25) is 5.65 Å². The van der Waals surface area contributed by atoms with Crippen molar-refractivity contribution in [2.24, 2.45) is 7.05 Å². The number of aromatic nitrogens is 4. The first-order valence-corrected chi connectivity index (χ1v) is 6.98. The van der Waals surface area contributed by atoms with E-state index in [0.717, 1.165) is 6.07 Å². The first kappa shape index (κ1) is 15.3. The molecule has 6 nitrogen and oxygen atoms in total. The highest BCUT2D eigenvalue weighted by Crippen LogP contribution is 2.14. The number of halogens is 2. The van der Waals surface area contributed by atoms with Crippen LogP contribution in [0.15, 0.2) is 35.4 Å². The minimum atomic E-state index is -0.868. The topological polar surface area (TPSA) is 55.4 Å². The van der Waals surface area contributed by atoms with E-state index < -0.39 is 11.6 Å². The van der Waals surface area contributed by atoms with Crippen molar-refractivity contribution in [2.75, 3.05) is 7.05 Å². The summed E-state index contributed by atoms with van der Waals surface area (Å²) in [6.45, 7) is 0.549. The minimum Gasteiger partial charge on any atom is -0.314 e. The zero-order valence-corrected chi connectivity index (χ0v) is 12.7. The zero-order valence-electron chi connectivity index (χ0n) is 12.7. The van der Waals surface area contributed by atoms with Gasteiger partial charge in [0.05, 0.1) is 6.54 Å². The monoisotopic (exact) mass is 319 g/mol. The van der Waals surface area contributed by atoms with Gasteiger partial charge in [-0.2, -0.15) is 0 Å². The number of hydrogen-bond acceptors (Lipinski definition) is 4. The largest absolute Gasteiger partial charge is 0.314 e. The number of hydrogen-bond donors (Lipinski definition) is 0. The third-order valence-electron chi connectivity index (χ3n) is 3.60. The van der Waals surface area contributed by atoms with E-state index in [-0.39, 0.29) is 23.3 Å². The van der Waals surface area contributed by atoms with Crippen LogP contribution in [0.25, 0.3) is 5.65 Å². The molecule has 0 aliphatic heterocycles. The van der Waals surface area contributed by atoms with E-state index in [0.29, 0.717) is 12.4 Å². The highest BCUT2D eigenvalue weighted by Gasteiger charge is 2.14. The van der Waals surface area contributed by atoms with Crippen LogP contribution in [0.3, 0.4) is 0 Å². The Balaban J connectivity index is 1.83. The maximum Gasteiger partial charge on any atom is 0.295 e. The Labute approximate surface area is 130 Å². The van der Waals surface area contributed by atoms with Crippen LogP contribution in [0.5, 0.6) is 0 Å². The number of fused-ring (bicyclic) bond motifs is 1. The van der Waals surface area contributed by atoms with Gasteiger partial charge in [0.15, 0.2) is 17.5 Å². The van der Waals surface area contributed by atoms with Crippen LogP contribution in [-0.4, -0.2) is 31.1 Å². The predicted molar refractivity (Wildman–Crippen MR) is 79.8 cm³/mol. The maximum atomic E-state index is 13.7. The molecule has 3 rings (SSSR count). The lowest BCUT2D eigenvalue weighted by Crippen LogP contribution is -2.21. The van der Waals surface area contributed by atoms with Crippen LogP contribution in [0.2, 0.25) is 0 Å². The van der Waals surface area contributed by atoms with Crippen LogP contribution in [0, 0.1) is 11.6 Å². The molecule has 0 aliphatic carbocycles. The quantitative estimate of drug-likeness (QED) is 0.728. The van der Waals surface area contributed by atoms with E-state index in [1.807, 2.05) is 0 Å². The summed E-state index contributed by atoms with van der Waals surface area (Å²) in [7, 11) is 3.39. The average molecular weight is 319 g/mol. The van der Waals surface area contributed by atoms with Gasteiger partial charge in [0.1, 0.15) is 0 Å². The molecule has 0 N–H and O–H groups in total. The summed E-state index contributed by atoms with van der Waals surface area (Å²) in [5, 5.41) is 7.90. The number of nitrogens with zero attached hydrogens (tertiary/aromatic N) is 5. The summed E-state index contributed by atoms with van der Waals surface area (Å²) < 4.78 is 30.0. The number of rotatable bonds is 4. The van der Waals surface area contributed by atoms with Crippen LogP contribution in [-0.2, 0) is 20.1 Å². The molecule has 0 radical (unpaired) electrons. The van der Waals surface area contributed by atoms with Crippen molar-refractivity contribution in [2.45, 2.75) is 13.1 Å². The summed E-state index contributed by atoms with van der Waals surface area (Å²) in [4.78, 5) is 13.7. The lowest BCUT2D eigenvalue weighted by Gasteiger charge is -2.16. The molecule has 0 amide bonds. The first-order chi connectivity index (χ1) is 11.0. The van der Waals surface area contributed by atoms with Crippen molar-refractivity contribution in [1.82, 2.24) is 24.1 Å². The fourth-order valence-electron chi connectivity index (χ4n) is 2.38. The Morgan fingerprint density at radius 1 is 1.17 bits per heavy atom. The molecule has 0 saturated carbocycles. The normalized spacial score (nSPS) is 11.5. The predicted octanol–water partition coefficient (Wildman–Crippen LogP) is 1.34. The molecular formula is C15H15F2N5O. The van der Waals surface area contributed by atoms with E-state index in [1.165, 1.54) is 16.7 Å². The molecule has 1 aromatic carbocycles. The summed E-state index contributed by atoms with van der Waals surface area (Å²) in [6.07, 6.45) is 3.32. The molecule has 2 aromatic heterocycles. The second-order valence-electron chi connectivity index (χ2n) is 5.41. The Hall–Kier alpha value is -2.61. The van der Waals surface area contributed by atoms with Crippen LogP contribution in [0.4, 0.5) is 8.78 Å². The van der Waals surface area contributed by atoms with Gasteiger partial charge >= 0.3 is 0 Å². The highest BCUT2D eigenvalue weighted by atomic mass is 19.2. The molecule has 0 bridgehead atoms. The number of aryl methyl sites for hydroxylation is 1. The Kier molecular flexibility index (Phi) is 3.91. The molecular weight excluding hydrogens is 304 g/mol. The molecule has 0 atom stereocenters. The van der Waals surface area contributed by atoms with Crippen LogP contribution >= 0.6 is 0 Å². The molecule has 0 unspecified atom stereocenters. The van der Waals surface area contributed by atoms with Gasteiger partial charge in [-0.25, -0.2) is 8.78 Å². The maximum absolute atomic E-state index is 13.7. The highest BCUT2D eigenvalue weighted by molar-refractivity contribution is 5.34. The van der Waals surface area contributed by atoms with Gasteiger partial charge in [-0.3, -0.25) is 14.1 Å². The van der Waals surface area contributed by atoms with Gasteiger partial charge in [0, 0.05) is 31.5 Å². The summed E-state index contributed by atoms with van der Waals surface area (Å²) >= 11 is 0. The second kappa shape index (κ2) is 5.88. The molecule has 3 aromatic rings. The van der Waals surface area contributed by atoms with E-state index in [2.05, 4.69) is 10.2 Å². The van der Waals surface area contributed by atoms with Crippen LogP contribution in [0.1, 0.15) is 11.4 Å². The summed E-state index contributed by atoms with van der Waals surface area (Å²) in [5.41, 5.74) is 0.248. The van der Waals surface area contributed by atoms with Crippen molar-refractivity contribution in [3.63, 3.8) is 0 Å². The van der Waals surface area contributed by atoms with Gasteiger partial charge < -0.3 is 4.57 Å². The number of benzene rings is 1. The van der Waals surface area contributed by atoms with Crippen molar-refractivity contribution >= 4 is 5.65 Å². The fraction of sp³-hybridized carbons (Fsp3) is 0.267. The molecule has 23 heavy (non-hydrogen) atoms. The van der Waals surface area contributed by atoms with E-state index >= 15 is 0 Å². The van der Waals surface area contributed by atoms with Gasteiger partial charge in [-0.15, -0.1) is 10.2 Å². The molecule has 2 heterocycles. The molecule has 120 valence electrons. The standard InChI is InChI=1S/C15H15F2N5O/c1-20(8-10-4-3-5-11(16)13(10)17)9-12-18-19-14-15(23)21(2)6-7-22(12)14/h3-7H,8-9H2,1-2H3.